The van der Waals surface area contributed by atoms with Crippen molar-refractivity contribution in [3.8, 4) is 0 Å². The highest BCUT2D eigenvalue weighted by Crippen LogP contribution is 2.22. The third-order valence-electron chi connectivity index (χ3n) is 9.00. The molecule has 2 aromatic heterocycles. The Balaban J connectivity index is 0.000000221. The van der Waals surface area contributed by atoms with Crippen LogP contribution in [-0.4, -0.2) is 66.1 Å². The number of ether oxygens (including phenoxy) is 2. The summed E-state index contributed by atoms with van der Waals surface area (Å²) in [5.74, 6) is -0.902. The van der Waals surface area contributed by atoms with Gasteiger partial charge < -0.3 is 20.1 Å². The topological polar surface area (TPSA) is 239 Å². The molecule has 4 N–H and O–H groups in total. The lowest BCUT2D eigenvalue weighted by molar-refractivity contribution is -0.137. The molecule has 18 heteroatoms. The van der Waals surface area contributed by atoms with E-state index in [-0.39, 0.29) is 61.7 Å². The Kier molecular flexibility index (Phi) is 12.5. The molecule has 0 bridgehead atoms. The number of alkyl carbamates (subject to hydrolysis) is 2. The molecule has 0 aliphatic carbocycles. The van der Waals surface area contributed by atoms with Crippen LogP contribution in [0.2, 0.25) is 0 Å². The van der Waals surface area contributed by atoms with Crippen molar-refractivity contribution in [3.05, 3.63) is 79.9 Å². The zero-order valence-electron chi connectivity index (χ0n) is 33.7. The number of imide groups is 2. The van der Waals surface area contributed by atoms with Gasteiger partial charge in [0.15, 0.2) is 0 Å². The number of aromatic nitrogens is 4. The molecule has 4 heterocycles. The van der Waals surface area contributed by atoms with E-state index in [1.807, 2.05) is 0 Å². The zero-order valence-corrected chi connectivity index (χ0v) is 33.7. The summed E-state index contributed by atoms with van der Waals surface area (Å²) in [4.78, 5) is 106. The minimum Gasteiger partial charge on any atom is -0.444 e. The second kappa shape index (κ2) is 17.0. The second-order valence-electron chi connectivity index (χ2n) is 16.0. The number of benzene rings is 2. The molecule has 0 unspecified atom stereocenters. The third kappa shape index (κ3) is 10.5. The Morgan fingerprint density at radius 1 is 0.655 bits per heavy atom. The maximum absolute atomic E-state index is 13.1. The summed E-state index contributed by atoms with van der Waals surface area (Å²) in [6.07, 6.45) is -0.279. The number of aryl methyl sites for hydroxylation is 2. The van der Waals surface area contributed by atoms with Crippen LogP contribution in [0.15, 0.2) is 46.0 Å². The van der Waals surface area contributed by atoms with Crippen LogP contribution in [0.5, 0.6) is 0 Å². The van der Waals surface area contributed by atoms with Gasteiger partial charge in [0.1, 0.15) is 34.9 Å². The molecule has 2 saturated heterocycles. The fraction of sp³-hybridized carbons (Fsp3) is 0.450. The normalized spacial score (nSPS) is 17.2. The summed E-state index contributed by atoms with van der Waals surface area (Å²) in [5, 5.41) is 10.5. The van der Waals surface area contributed by atoms with E-state index >= 15 is 0 Å². The summed E-state index contributed by atoms with van der Waals surface area (Å²) >= 11 is 0. The van der Waals surface area contributed by atoms with Gasteiger partial charge in [0.05, 0.1) is 21.8 Å². The van der Waals surface area contributed by atoms with Gasteiger partial charge in [0.2, 0.25) is 23.6 Å². The molecular formula is C40H48N8O10. The number of nitrogens with zero attached hydrogens (tertiary/aromatic N) is 4. The smallest absolute Gasteiger partial charge is 0.407 e. The van der Waals surface area contributed by atoms with E-state index in [9.17, 15) is 38.4 Å². The van der Waals surface area contributed by atoms with Crippen LogP contribution in [0.1, 0.15) is 102 Å². The Labute approximate surface area is 333 Å². The fourth-order valence-electron chi connectivity index (χ4n) is 6.50. The van der Waals surface area contributed by atoms with Crippen LogP contribution in [0.4, 0.5) is 9.59 Å². The van der Waals surface area contributed by atoms with E-state index in [1.165, 1.54) is 9.13 Å². The summed E-state index contributed by atoms with van der Waals surface area (Å²) in [5.41, 5.74) is 0.452. The first-order chi connectivity index (χ1) is 27.1. The second-order valence-corrected chi connectivity index (χ2v) is 16.0. The number of hydrogen-bond acceptors (Lipinski definition) is 12. The first kappa shape index (κ1) is 42.7. The van der Waals surface area contributed by atoms with Crippen LogP contribution in [0.3, 0.4) is 0 Å². The van der Waals surface area contributed by atoms with Crippen molar-refractivity contribution in [2.45, 2.75) is 117 Å². The van der Waals surface area contributed by atoms with E-state index in [2.05, 4.69) is 31.2 Å². The lowest BCUT2D eigenvalue weighted by atomic mass is 10.0. The molecule has 2 fully saturated rings. The average molecular weight is 801 g/mol. The van der Waals surface area contributed by atoms with Crippen molar-refractivity contribution in [3.63, 3.8) is 0 Å². The lowest BCUT2D eigenvalue weighted by Crippen LogP contribution is -2.45. The van der Waals surface area contributed by atoms with E-state index in [0.717, 1.165) is 0 Å². The molecule has 0 radical (unpaired) electrons. The van der Waals surface area contributed by atoms with Crippen LogP contribution in [-0.2, 0) is 41.7 Å². The van der Waals surface area contributed by atoms with Gasteiger partial charge >= 0.3 is 12.2 Å². The number of nitrogens with one attached hydrogen (secondary N) is 4. The van der Waals surface area contributed by atoms with Crippen LogP contribution < -0.4 is 32.4 Å². The van der Waals surface area contributed by atoms with Gasteiger partial charge in [0.25, 0.3) is 11.1 Å². The van der Waals surface area contributed by atoms with Gasteiger partial charge in [-0.2, -0.15) is 0 Å². The Morgan fingerprint density at radius 2 is 1.02 bits per heavy atom. The number of piperidine rings is 2. The molecule has 2 atom stereocenters. The maximum Gasteiger partial charge on any atom is 0.407 e. The van der Waals surface area contributed by atoms with E-state index in [0.29, 0.717) is 44.6 Å². The van der Waals surface area contributed by atoms with E-state index in [4.69, 9.17) is 9.47 Å². The standard InChI is InChI=1S/2C20H24N4O5/c2*1-11-22-14-6-5-12(10-21-19(28)29-20(2,3)4)9-13(14)18(27)24(11)15-7-8-16(25)23-17(15)26/h2*5-6,9,15H,7-8,10H2,1-4H3,(H,21,28)(H,23,25,26)/t2*15-/m10/s1. The van der Waals surface area contributed by atoms with Crippen LogP contribution in [0, 0.1) is 13.8 Å². The minimum atomic E-state index is -0.777. The molecule has 18 nitrogen and oxygen atoms in total. The van der Waals surface area contributed by atoms with Gasteiger partial charge in [-0.25, -0.2) is 19.6 Å². The molecule has 6 rings (SSSR count). The molecule has 4 aromatic rings. The molecular weight excluding hydrogens is 752 g/mol. The highest BCUT2D eigenvalue weighted by molar-refractivity contribution is 6.00. The fourth-order valence-corrected chi connectivity index (χ4v) is 6.50. The number of rotatable bonds is 6. The lowest BCUT2D eigenvalue weighted by Gasteiger charge is -2.24. The van der Waals surface area contributed by atoms with Crippen molar-refractivity contribution in [2.24, 2.45) is 0 Å². The molecule has 0 spiro atoms. The first-order valence-corrected chi connectivity index (χ1v) is 18.7. The van der Waals surface area contributed by atoms with Crippen LogP contribution in [0.25, 0.3) is 21.8 Å². The molecule has 58 heavy (non-hydrogen) atoms. The Bertz CT molecular complexity index is 2270. The predicted molar refractivity (Wildman–Crippen MR) is 210 cm³/mol. The van der Waals surface area contributed by atoms with Crippen molar-refractivity contribution in [1.29, 1.82) is 0 Å². The van der Waals surface area contributed by atoms with Crippen molar-refractivity contribution in [1.82, 2.24) is 40.4 Å². The number of fused-ring (bicyclic) bond motifs is 2. The third-order valence-corrected chi connectivity index (χ3v) is 9.00. The van der Waals surface area contributed by atoms with Gasteiger partial charge in [0, 0.05) is 25.9 Å². The van der Waals surface area contributed by atoms with Crippen LogP contribution >= 0.6 is 0 Å². The highest BCUT2D eigenvalue weighted by atomic mass is 16.6. The first-order valence-electron chi connectivity index (χ1n) is 18.7. The zero-order chi connectivity index (χ0) is 42.7. The average Bonchev–Trinajstić information content (AvgIpc) is 3.10. The van der Waals surface area contributed by atoms with E-state index < -0.39 is 47.3 Å². The minimum absolute atomic E-state index is 0.167. The Morgan fingerprint density at radius 3 is 1.34 bits per heavy atom. The molecule has 308 valence electrons. The van der Waals surface area contributed by atoms with Gasteiger partial charge in [-0.3, -0.25) is 48.5 Å². The summed E-state index contributed by atoms with van der Waals surface area (Å²) < 4.78 is 13.1. The maximum atomic E-state index is 13.1. The predicted octanol–water partition coefficient (Wildman–Crippen LogP) is 3.41. The number of carbonyl (C=O) groups excluding carboxylic acids is 6. The van der Waals surface area contributed by atoms with Gasteiger partial charge in [-0.05, 0) is 104 Å². The Hall–Kier alpha value is -6.46. The molecule has 2 aromatic carbocycles. The summed E-state index contributed by atoms with van der Waals surface area (Å²) in [7, 11) is 0. The molecule has 2 aliphatic heterocycles. The highest BCUT2D eigenvalue weighted by Gasteiger charge is 2.32. The molecule has 6 amide bonds. The van der Waals surface area contributed by atoms with Crippen molar-refractivity contribution >= 4 is 57.6 Å². The number of hydrogen-bond donors (Lipinski definition) is 4. The largest absolute Gasteiger partial charge is 0.444 e. The van der Waals surface area contributed by atoms with E-state index in [1.54, 1.807) is 91.8 Å². The number of amides is 6. The summed E-state index contributed by atoms with van der Waals surface area (Å²) in [6, 6.07) is 8.66. The van der Waals surface area contributed by atoms with Gasteiger partial charge in [-0.1, -0.05) is 12.1 Å². The van der Waals surface area contributed by atoms with Crippen molar-refractivity contribution in [2.75, 3.05) is 0 Å². The number of carbonyl (C=O) groups is 6. The summed E-state index contributed by atoms with van der Waals surface area (Å²) in [6.45, 7) is 14.3. The monoisotopic (exact) mass is 800 g/mol. The van der Waals surface area contributed by atoms with Gasteiger partial charge in [-0.15, -0.1) is 0 Å². The molecule has 2 aliphatic rings. The quantitative estimate of drug-likeness (QED) is 0.205. The van der Waals surface area contributed by atoms with Crippen molar-refractivity contribution < 1.29 is 38.2 Å². The molecule has 0 saturated carbocycles. The SMILES string of the molecule is Cc1nc2ccc(CNC(=O)OC(C)(C)C)cc2c(=O)n1[C@@H]1CCC(=O)NC1=O.Cc1nc2ccc(CNC(=O)OC(C)(C)C)cc2c(=O)n1[C@H]1CCC(=O)NC1=O.